The Morgan fingerprint density at radius 2 is 1.76 bits per heavy atom. The fourth-order valence-electron chi connectivity index (χ4n) is 2.02. The molecule has 0 radical (unpaired) electrons. The van der Waals surface area contributed by atoms with Crippen LogP contribution in [0.4, 0.5) is 0 Å². The molecule has 1 aromatic rings. The molecule has 2 unspecified atom stereocenters. The van der Waals surface area contributed by atoms with Crippen LogP contribution >= 0.6 is 0 Å². The van der Waals surface area contributed by atoms with Crippen molar-refractivity contribution in [1.29, 1.82) is 0 Å². The van der Waals surface area contributed by atoms with Gasteiger partial charge in [-0.25, -0.2) is 13.9 Å². The molecule has 0 aliphatic heterocycles. The Bertz CT molecular complexity index is 977. The summed E-state index contributed by atoms with van der Waals surface area (Å²) in [5, 5.41) is 28.9. The maximum Gasteiger partial charge on any atom is 0.267 e. The minimum Gasteiger partial charge on any atom is -0.393 e. The van der Waals surface area contributed by atoms with E-state index in [0.717, 1.165) is 6.26 Å². The smallest absolute Gasteiger partial charge is 0.267 e. The predicted molar refractivity (Wildman–Crippen MR) is 104 cm³/mol. The molecule has 1 aromatic carbocycles. The van der Waals surface area contributed by atoms with Gasteiger partial charge < -0.3 is 15.5 Å². The number of nitrogens with one attached hydrogen (secondary N) is 2. The summed E-state index contributed by atoms with van der Waals surface area (Å²) >= 11 is 0. The zero-order valence-corrected chi connectivity index (χ0v) is 16.9. The Balaban J connectivity index is 3.01. The third-order valence-corrected chi connectivity index (χ3v) is 6.27. The van der Waals surface area contributed by atoms with Gasteiger partial charge in [-0.05, 0) is 50.0 Å². The fourth-order valence-corrected chi connectivity index (χ4v) is 2.62. The Morgan fingerprint density at radius 3 is 2.24 bits per heavy atom. The molecule has 0 bridgehead atoms. The van der Waals surface area contributed by atoms with Gasteiger partial charge in [0.2, 0.25) is 0 Å². The Kier molecular flexibility index (Phi) is 8.37. The van der Waals surface area contributed by atoms with Gasteiger partial charge in [-0.3, -0.25) is 14.8 Å². The molecule has 9 nitrogen and oxygen atoms in total. The number of sulfone groups is 1. The van der Waals surface area contributed by atoms with E-state index in [0.29, 0.717) is 5.56 Å². The predicted octanol–water partition coefficient (Wildman–Crippen LogP) is -1.18. The minimum absolute atomic E-state index is 0.136. The van der Waals surface area contributed by atoms with Gasteiger partial charge in [0.05, 0.1) is 11.4 Å². The van der Waals surface area contributed by atoms with Crippen molar-refractivity contribution in [1.82, 2.24) is 10.8 Å². The van der Waals surface area contributed by atoms with E-state index in [2.05, 4.69) is 29.0 Å². The molecule has 0 fully saturated rings. The van der Waals surface area contributed by atoms with E-state index < -0.39 is 45.2 Å². The number of benzene rings is 1. The molecule has 10 heteroatoms. The van der Waals surface area contributed by atoms with Crippen LogP contribution < -0.4 is 10.8 Å². The highest BCUT2D eigenvalue weighted by molar-refractivity contribution is 7.92. The molecule has 0 saturated heterocycles. The van der Waals surface area contributed by atoms with Crippen molar-refractivity contribution in [2.24, 2.45) is 0 Å². The van der Waals surface area contributed by atoms with Gasteiger partial charge in [-0.15, -0.1) is 0 Å². The Morgan fingerprint density at radius 1 is 1.17 bits per heavy atom. The van der Waals surface area contributed by atoms with Crippen LogP contribution in [0, 0.1) is 23.7 Å². The Hall–Kier alpha value is -2.89. The van der Waals surface area contributed by atoms with Gasteiger partial charge in [0.15, 0.2) is 9.84 Å². The first kappa shape index (κ1) is 24.1. The molecule has 2 atom stereocenters. The monoisotopic (exact) mass is 422 g/mol. The molecule has 1 rings (SSSR count). The summed E-state index contributed by atoms with van der Waals surface area (Å²) in [7, 11) is -3.76. The zero-order chi connectivity index (χ0) is 22.2. The molecule has 0 aliphatic rings. The lowest BCUT2D eigenvalue weighted by Crippen LogP contribution is -2.60. The number of carbonyl (C=O) groups excluding carboxylic acids is 2. The van der Waals surface area contributed by atoms with Crippen molar-refractivity contribution in [3.8, 4) is 23.7 Å². The average molecular weight is 422 g/mol. The van der Waals surface area contributed by atoms with Gasteiger partial charge >= 0.3 is 0 Å². The quantitative estimate of drug-likeness (QED) is 0.220. The van der Waals surface area contributed by atoms with Crippen LogP contribution in [0.15, 0.2) is 24.3 Å². The minimum atomic E-state index is -3.76. The molecular weight excluding hydrogens is 400 g/mol. The lowest BCUT2D eigenvalue weighted by Gasteiger charge is -2.31. The highest BCUT2D eigenvalue weighted by Gasteiger charge is 2.44. The second kappa shape index (κ2) is 10.0. The van der Waals surface area contributed by atoms with E-state index in [-0.39, 0.29) is 5.56 Å². The summed E-state index contributed by atoms with van der Waals surface area (Å²) in [4.78, 5) is 24.4. The highest BCUT2D eigenvalue weighted by Crippen LogP contribution is 2.21. The van der Waals surface area contributed by atoms with Crippen molar-refractivity contribution in [2.75, 3.05) is 12.9 Å². The molecule has 0 aliphatic carbocycles. The van der Waals surface area contributed by atoms with Crippen molar-refractivity contribution in [3.05, 3.63) is 35.4 Å². The average Bonchev–Trinajstić information content (AvgIpc) is 2.67. The van der Waals surface area contributed by atoms with Crippen molar-refractivity contribution in [2.45, 2.75) is 30.7 Å². The van der Waals surface area contributed by atoms with E-state index in [1.165, 1.54) is 43.6 Å². The van der Waals surface area contributed by atoms with Gasteiger partial charge in [-0.2, -0.15) is 0 Å². The third kappa shape index (κ3) is 6.59. The molecule has 5 N–H and O–H groups in total. The number of amides is 2. The number of aliphatic hydroxyl groups is 2. The first-order valence-electron chi connectivity index (χ1n) is 8.29. The van der Waals surface area contributed by atoms with E-state index >= 15 is 0 Å². The molecule has 0 saturated carbocycles. The number of aliphatic hydroxyl groups excluding tert-OH is 2. The normalized spacial score (nSPS) is 13.0. The number of hydrogen-bond acceptors (Lipinski definition) is 7. The van der Waals surface area contributed by atoms with Crippen LogP contribution in [0.1, 0.15) is 29.8 Å². The first-order chi connectivity index (χ1) is 13.4. The summed E-state index contributed by atoms with van der Waals surface area (Å²) in [6.45, 7) is 2.02. The lowest BCUT2D eigenvalue weighted by molar-refractivity contribution is -0.131. The summed E-state index contributed by atoms with van der Waals surface area (Å²) < 4.78 is 22.3. The van der Waals surface area contributed by atoms with Crippen molar-refractivity contribution >= 4 is 21.7 Å². The maximum atomic E-state index is 12.5. The summed E-state index contributed by atoms with van der Waals surface area (Å²) in [6.07, 6.45) is -0.247. The standard InChI is InChI=1S/C19H22N2O7S/c1-19(2,29(3,27)28)16(18(25)21-26)20-17(24)14-10-8-13(9-11-14)6-4-5-7-15(23)12-22/h8-11,15-16,22-23,26H,12H2,1-3H3,(H,20,24)(H,21,25). The molecule has 156 valence electrons. The third-order valence-electron chi connectivity index (χ3n) is 4.13. The Labute approximate surface area is 169 Å². The molecule has 0 aromatic heterocycles. The maximum absolute atomic E-state index is 12.5. The summed E-state index contributed by atoms with van der Waals surface area (Å²) in [5.41, 5.74) is 2.01. The summed E-state index contributed by atoms with van der Waals surface area (Å²) in [5.74, 6) is 8.04. The van der Waals surface area contributed by atoms with Crippen LogP contribution in [0.25, 0.3) is 0 Å². The molecule has 0 spiro atoms. The molecule has 0 heterocycles. The van der Waals surface area contributed by atoms with Gasteiger partial charge in [-0.1, -0.05) is 11.8 Å². The number of hydroxylamine groups is 1. The first-order valence-corrected chi connectivity index (χ1v) is 10.2. The highest BCUT2D eigenvalue weighted by atomic mass is 32.2. The number of carbonyl (C=O) groups is 2. The topological polar surface area (TPSA) is 153 Å². The lowest BCUT2D eigenvalue weighted by atomic mass is 10.0. The molecular formula is C19H22N2O7S. The van der Waals surface area contributed by atoms with Crippen LogP contribution in [-0.4, -0.2) is 65.4 Å². The zero-order valence-electron chi connectivity index (χ0n) is 16.1. The molecule has 29 heavy (non-hydrogen) atoms. The van der Waals surface area contributed by atoms with Crippen molar-refractivity contribution in [3.63, 3.8) is 0 Å². The van der Waals surface area contributed by atoms with E-state index in [4.69, 9.17) is 15.4 Å². The van der Waals surface area contributed by atoms with Gasteiger partial charge in [0.25, 0.3) is 11.8 Å². The van der Waals surface area contributed by atoms with E-state index in [1.54, 1.807) is 0 Å². The van der Waals surface area contributed by atoms with E-state index in [1.807, 2.05) is 0 Å². The van der Waals surface area contributed by atoms with Crippen LogP contribution in [0.5, 0.6) is 0 Å². The second-order valence-electron chi connectivity index (χ2n) is 6.55. The van der Waals surface area contributed by atoms with Crippen LogP contribution in [0.3, 0.4) is 0 Å². The summed E-state index contributed by atoms with van der Waals surface area (Å²) in [6, 6.07) is 4.31. The number of rotatable bonds is 6. The fraction of sp³-hybridized carbons (Fsp3) is 0.368. The molecule has 2 amide bonds. The van der Waals surface area contributed by atoms with Crippen LogP contribution in [0.2, 0.25) is 0 Å². The largest absolute Gasteiger partial charge is 0.393 e. The van der Waals surface area contributed by atoms with Crippen molar-refractivity contribution < 1.29 is 33.4 Å². The van der Waals surface area contributed by atoms with Gasteiger partial charge in [0.1, 0.15) is 12.1 Å². The van der Waals surface area contributed by atoms with Crippen LogP contribution in [-0.2, 0) is 14.6 Å². The SMILES string of the molecule is CC(C)(C(NC(=O)c1ccc(C#CC#CC(O)CO)cc1)C(=O)NO)S(C)(=O)=O. The number of hydrogen-bond donors (Lipinski definition) is 5. The van der Waals surface area contributed by atoms with E-state index in [9.17, 15) is 18.0 Å². The van der Waals surface area contributed by atoms with Gasteiger partial charge in [0, 0.05) is 17.4 Å². The second-order valence-corrected chi connectivity index (χ2v) is 9.15.